The molecule has 0 saturated carbocycles. The smallest absolute Gasteiger partial charge is 0.342 e. The van der Waals surface area contributed by atoms with Crippen LogP contribution in [0, 0.1) is 5.92 Å². The third-order valence-electron chi connectivity index (χ3n) is 7.19. The Kier molecular flexibility index (Phi) is 14.0. The number of nitrogens with one attached hydrogen (secondary N) is 3. The molecule has 0 unspecified atom stereocenters. The molecular weight excluding hydrogens is 590 g/mol. The molecule has 0 aromatic heterocycles. The van der Waals surface area contributed by atoms with E-state index in [1.165, 1.54) is 6.07 Å². The first-order valence-corrected chi connectivity index (χ1v) is 14.8. The number of nitrogens with two attached hydrogens (primary N) is 3. The average molecular weight is 636 g/mol. The minimum Gasteiger partial charge on any atom is -0.507 e. The lowest BCUT2D eigenvalue weighted by atomic mass is 9.90. The van der Waals surface area contributed by atoms with Crippen LogP contribution in [0.1, 0.15) is 68.8 Å². The number of benzene rings is 1. The average Bonchev–Trinajstić information content (AvgIpc) is 2.96. The Labute approximate surface area is 261 Å². The van der Waals surface area contributed by atoms with Gasteiger partial charge in [0.05, 0.1) is 18.5 Å². The highest BCUT2D eigenvalue weighted by atomic mass is 16.5. The van der Waals surface area contributed by atoms with Gasteiger partial charge in [-0.25, -0.2) is 4.79 Å². The standard InChI is InChI=1S/C29H45N7O9/c1-4-22(39)34-18(13-21(30)38)26(42)35-16(8-6-10-33-29(31)32)24(40)25(41)27(43)36-17(11-14(2)3)20-12-15-7-5-9-19(37)23(15)28(44)45-20/h5,7,9,14,16-18,20,24-25,37,40-41H,4,6,8,10-13H2,1-3H3,(H2,30,38)(H,34,39)(H,35,42)(H,36,43)(H4,31,32,33)/t16-,17-,18+,20-,24-,25-/m0/s1. The zero-order chi connectivity index (χ0) is 33.8. The molecule has 250 valence electrons. The monoisotopic (exact) mass is 635 g/mol. The Morgan fingerprint density at radius 2 is 1.76 bits per heavy atom. The van der Waals surface area contributed by atoms with Gasteiger partial charge in [0.15, 0.2) is 12.1 Å². The van der Waals surface area contributed by atoms with Crippen molar-refractivity contribution in [3.8, 4) is 5.75 Å². The summed E-state index contributed by atoms with van der Waals surface area (Å²) in [5, 5.41) is 39.7. The fourth-order valence-corrected chi connectivity index (χ4v) is 4.96. The number of fused-ring (bicyclic) bond motifs is 1. The van der Waals surface area contributed by atoms with Crippen molar-refractivity contribution in [1.82, 2.24) is 16.0 Å². The van der Waals surface area contributed by atoms with Crippen LogP contribution in [0.15, 0.2) is 23.2 Å². The first-order chi connectivity index (χ1) is 21.1. The van der Waals surface area contributed by atoms with Crippen LogP contribution in [0.3, 0.4) is 0 Å². The van der Waals surface area contributed by atoms with Crippen LogP contribution >= 0.6 is 0 Å². The first kappa shape index (κ1) is 36.8. The Hall–Kier alpha value is -4.44. The molecule has 6 atom stereocenters. The lowest BCUT2D eigenvalue weighted by Crippen LogP contribution is -2.59. The molecule has 0 spiro atoms. The molecule has 1 aromatic rings. The number of carbonyl (C=O) groups excluding carboxylic acids is 5. The summed E-state index contributed by atoms with van der Waals surface area (Å²) in [7, 11) is 0. The van der Waals surface area contributed by atoms with E-state index < -0.39 is 72.5 Å². The number of carbonyl (C=O) groups is 5. The van der Waals surface area contributed by atoms with Gasteiger partial charge in [-0.2, -0.15) is 0 Å². The van der Waals surface area contributed by atoms with Crippen molar-refractivity contribution < 1.29 is 44.0 Å². The summed E-state index contributed by atoms with van der Waals surface area (Å²) in [6.45, 7) is 5.42. The number of nitrogens with zero attached hydrogens (tertiary/aromatic N) is 1. The highest BCUT2D eigenvalue weighted by Crippen LogP contribution is 2.30. The second kappa shape index (κ2) is 17.2. The van der Waals surface area contributed by atoms with Crippen molar-refractivity contribution in [2.24, 2.45) is 28.1 Å². The van der Waals surface area contributed by atoms with Gasteiger partial charge < -0.3 is 53.2 Å². The summed E-state index contributed by atoms with van der Waals surface area (Å²) < 4.78 is 5.56. The molecule has 0 fully saturated rings. The maximum absolute atomic E-state index is 13.3. The Morgan fingerprint density at radius 1 is 1.07 bits per heavy atom. The number of phenols is 1. The molecule has 1 aliphatic heterocycles. The van der Waals surface area contributed by atoms with Gasteiger partial charge in [-0.3, -0.25) is 24.2 Å². The second-order valence-electron chi connectivity index (χ2n) is 11.3. The van der Waals surface area contributed by atoms with Gasteiger partial charge in [0.1, 0.15) is 29.6 Å². The Morgan fingerprint density at radius 3 is 2.36 bits per heavy atom. The van der Waals surface area contributed by atoms with Crippen LogP contribution in [0.4, 0.5) is 0 Å². The predicted molar refractivity (Wildman–Crippen MR) is 162 cm³/mol. The minimum absolute atomic E-state index is 0.0183. The number of aliphatic hydroxyl groups excluding tert-OH is 2. The van der Waals surface area contributed by atoms with E-state index in [-0.39, 0.29) is 55.4 Å². The third kappa shape index (κ3) is 11.2. The highest BCUT2D eigenvalue weighted by Gasteiger charge is 2.38. The fourth-order valence-electron chi connectivity index (χ4n) is 4.96. The molecule has 0 saturated heterocycles. The highest BCUT2D eigenvalue weighted by molar-refractivity contribution is 5.95. The number of amides is 4. The molecule has 4 amide bonds. The molecule has 1 aromatic carbocycles. The van der Waals surface area contributed by atoms with Gasteiger partial charge in [-0.1, -0.05) is 32.9 Å². The largest absolute Gasteiger partial charge is 0.507 e. The summed E-state index contributed by atoms with van der Waals surface area (Å²) in [5.41, 5.74) is 16.5. The molecule has 16 heteroatoms. The molecule has 2 rings (SSSR count). The zero-order valence-corrected chi connectivity index (χ0v) is 25.7. The van der Waals surface area contributed by atoms with Gasteiger partial charge in [0.25, 0.3) is 5.91 Å². The molecule has 0 bridgehead atoms. The second-order valence-corrected chi connectivity index (χ2v) is 11.3. The zero-order valence-electron chi connectivity index (χ0n) is 25.7. The van der Waals surface area contributed by atoms with E-state index in [4.69, 9.17) is 21.9 Å². The molecule has 12 N–H and O–H groups in total. The number of primary amides is 1. The molecule has 1 aliphatic rings. The van der Waals surface area contributed by atoms with Gasteiger partial charge in [-0.05, 0) is 36.8 Å². The SMILES string of the molecule is CCC(=O)N[C@H](CC(N)=O)C(=O)N[C@@H](CCCN=C(N)N)[C@H](O)[C@H](O)C(=O)N[C@@H](CC(C)C)[C@@H]1Cc2cccc(O)c2C(=O)O1. The van der Waals surface area contributed by atoms with Crippen molar-refractivity contribution in [1.29, 1.82) is 0 Å². The topological polar surface area (TPSA) is 282 Å². The van der Waals surface area contributed by atoms with E-state index in [0.717, 1.165) is 0 Å². The van der Waals surface area contributed by atoms with Crippen molar-refractivity contribution in [3.63, 3.8) is 0 Å². The molecule has 16 nitrogen and oxygen atoms in total. The van der Waals surface area contributed by atoms with Crippen molar-refractivity contribution in [2.45, 2.75) is 95.7 Å². The number of esters is 1. The number of aliphatic hydroxyl groups is 2. The van der Waals surface area contributed by atoms with Gasteiger partial charge in [0, 0.05) is 19.4 Å². The number of ether oxygens (including phenoxy) is 1. The Balaban J connectivity index is 2.25. The molecular formula is C29H45N7O9. The van der Waals surface area contributed by atoms with E-state index in [0.29, 0.717) is 12.0 Å². The molecule has 0 aliphatic carbocycles. The third-order valence-corrected chi connectivity index (χ3v) is 7.19. The number of rotatable bonds is 17. The molecule has 0 radical (unpaired) electrons. The summed E-state index contributed by atoms with van der Waals surface area (Å²) >= 11 is 0. The molecule has 45 heavy (non-hydrogen) atoms. The maximum atomic E-state index is 13.3. The van der Waals surface area contributed by atoms with Crippen molar-refractivity contribution >= 4 is 35.6 Å². The summed E-state index contributed by atoms with van der Waals surface area (Å²) in [5.74, 6) is -4.41. The lowest BCUT2D eigenvalue weighted by molar-refractivity contribution is -0.140. The van der Waals surface area contributed by atoms with Crippen LogP contribution in [-0.4, -0.2) is 93.9 Å². The van der Waals surface area contributed by atoms with Gasteiger partial charge >= 0.3 is 5.97 Å². The summed E-state index contributed by atoms with van der Waals surface area (Å²) in [6.07, 6.45) is -4.58. The van der Waals surface area contributed by atoms with Crippen LogP contribution in [0.2, 0.25) is 0 Å². The Bertz CT molecular complexity index is 1250. The van der Waals surface area contributed by atoms with Gasteiger partial charge in [0.2, 0.25) is 17.7 Å². The number of cyclic esters (lactones) is 1. The van der Waals surface area contributed by atoms with E-state index in [1.807, 2.05) is 13.8 Å². The van der Waals surface area contributed by atoms with E-state index >= 15 is 0 Å². The fraction of sp³-hybridized carbons (Fsp3) is 0.586. The van der Waals surface area contributed by atoms with Crippen LogP contribution in [-0.2, 0) is 30.3 Å². The van der Waals surface area contributed by atoms with Crippen LogP contribution in [0.25, 0.3) is 0 Å². The first-order valence-electron chi connectivity index (χ1n) is 14.8. The number of hydrogen-bond acceptors (Lipinski definition) is 10. The van der Waals surface area contributed by atoms with Gasteiger partial charge in [-0.15, -0.1) is 0 Å². The minimum atomic E-state index is -2.07. The van der Waals surface area contributed by atoms with Crippen LogP contribution < -0.4 is 33.2 Å². The number of aliphatic imine (C=N–C) groups is 1. The summed E-state index contributed by atoms with van der Waals surface area (Å²) in [6, 6.07) is 1.21. The van der Waals surface area contributed by atoms with Crippen molar-refractivity contribution in [3.05, 3.63) is 29.3 Å². The van der Waals surface area contributed by atoms with Crippen LogP contribution in [0.5, 0.6) is 5.75 Å². The van der Waals surface area contributed by atoms with Crippen molar-refractivity contribution in [2.75, 3.05) is 6.54 Å². The number of hydrogen-bond donors (Lipinski definition) is 9. The maximum Gasteiger partial charge on any atom is 0.342 e. The number of phenolic OH excluding ortho intramolecular Hbond substituents is 1. The molecule has 1 heterocycles. The van der Waals surface area contributed by atoms with E-state index in [2.05, 4.69) is 20.9 Å². The summed E-state index contributed by atoms with van der Waals surface area (Å²) in [4.78, 5) is 66.4. The quantitative estimate of drug-likeness (QED) is 0.0392. The van der Waals surface area contributed by atoms with E-state index in [9.17, 15) is 39.3 Å². The number of aromatic hydroxyl groups is 1. The predicted octanol–water partition coefficient (Wildman–Crippen LogP) is -1.96. The van der Waals surface area contributed by atoms with E-state index in [1.54, 1.807) is 19.1 Å². The number of guanidine groups is 1. The lowest BCUT2D eigenvalue weighted by Gasteiger charge is -2.34. The normalized spacial score (nSPS) is 17.5.